The summed E-state index contributed by atoms with van der Waals surface area (Å²) >= 11 is 3.45. The standard InChI is InChI=1S/C14H14N2OS2/c1-9-7-12-13(18-9)16-14(19-12)15-8-10-3-5-11(17-2)6-4-10/h3-7H,8H2,1-2H3,(H,15,16). The smallest absolute Gasteiger partial charge is 0.184 e. The molecule has 3 nitrogen and oxygen atoms in total. The number of thiazole rings is 1. The fraction of sp³-hybridized carbons (Fsp3) is 0.214. The van der Waals surface area contributed by atoms with E-state index in [9.17, 15) is 0 Å². The van der Waals surface area contributed by atoms with Gasteiger partial charge in [0.15, 0.2) is 5.13 Å². The van der Waals surface area contributed by atoms with Gasteiger partial charge in [0.2, 0.25) is 0 Å². The van der Waals surface area contributed by atoms with Crippen molar-refractivity contribution >= 4 is 37.3 Å². The first-order valence-electron chi connectivity index (χ1n) is 5.98. The molecule has 0 spiro atoms. The van der Waals surface area contributed by atoms with Gasteiger partial charge in [0.25, 0.3) is 0 Å². The van der Waals surface area contributed by atoms with Crippen molar-refractivity contribution in [3.63, 3.8) is 0 Å². The summed E-state index contributed by atoms with van der Waals surface area (Å²) < 4.78 is 6.41. The van der Waals surface area contributed by atoms with Gasteiger partial charge in [-0.25, -0.2) is 4.98 Å². The first kappa shape index (κ1) is 12.4. The third kappa shape index (κ3) is 2.72. The van der Waals surface area contributed by atoms with Crippen LogP contribution in [0.25, 0.3) is 9.53 Å². The van der Waals surface area contributed by atoms with Gasteiger partial charge >= 0.3 is 0 Å². The van der Waals surface area contributed by atoms with E-state index in [1.165, 1.54) is 15.1 Å². The number of hydrogen-bond acceptors (Lipinski definition) is 5. The maximum absolute atomic E-state index is 5.14. The highest BCUT2D eigenvalue weighted by atomic mass is 32.1. The summed E-state index contributed by atoms with van der Waals surface area (Å²) in [5.41, 5.74) is 1.22. The number of benzene rings is 1. The van der Waals surface area contributed by atoms with Gasteiger partial charge in [-0.3, -0.25) is 0 Å². The summed E-state index contributed by atoms with van der Waals surface area (Å²) in [5.74, 6) is 0.883. The van der Waals surface area contributed by atoms with E-state index in [1.54, 1.807) is 29.8 Å². The number of aryl methyl sites for hydroxylation is 1. The molecule has 0 saturated carbocycles. The quantitative estimate of drug-likeness (QED) is 0.778. The van der Waals surface area contributed by atoms with Gasteiger partial charge in [-0.1, -0.05) is 23.5 Å². The van der Waals surface area contributed by atoms with Crippen molar-refractivity contribution in [1.29, 1.82) is 0 Å². The Balaban J connectivity index is 1.68. The topological polar surface area (TPSA) is 34.1 Å². The molecule has 0 bridgehead atoms. The van der Waals surface area contributed by atoms with E-state index in [4.69, 9.17) is 4.74 Å². The SMILES string of the molecule is COc1ccc(CNc2nc3sc(C)cc3s2)cc1. The lowest BCUT2D eigenvalue weighted by Crippen LogP contribution is -1.98. The second kappa shape index (κ2) is 5.19. The summed E-state index contributed by atoms with van der Waals surface area (Å²) in [6.07, 6.45) is 0. The highest BCUT2D eigenvalue weighted by molar-refractivity contribution is 7.29. The molecule has 0 fully saturated rings. The number of ether oxygens (including phenoxy) is 1. The average Bonchev–Trinajstić information content (AvgIpc) is 2.93. The second-order valence-corrected chi connectivity index (χ2v) is 6.51. The lowest BCUT2D eigenvalue weighted by Gasteiger charge is -2.04. The summed E-state index contributed by atoms with van der Waals surface area (Å²) in [4.78, 5) is 7.02. The van der Waals surface area contributed by atoms with Crippen molar-refractivity contribution in [2.75, 3.05) is 12.4 Å². The number of aromatic nitrogens is 1. The molecule has 3 aromatic rings. The minimum atomic E-state index is 0.781. The molecule has 1 aromatic carbocycles. The van der Waals surface area contributed by atoms with E-state index < -0.39 is 0 Å². The highest BCUT2D eigenvalue weighted by Gasteiger charge is 2.06. The molecule has 2 heterocycles. The third-order valence-corrected chi connectivity index (χ3v) is 4.85. The van der Waals surface area contributed by atoms with Crippen LogP contribution in [0.5, 0.6) is 5.75 Å². The fourth-order valence-electron chi connectivity index (χ4n) is 1.85. The minimum absolute atomic E-state index is 0.781. The highest BCUT2D eigenvalue weighted by Crippen LogP contribution is 2.32. The van der Waals surface area contributed by atoms with Crippen molar-refractivity contribution in [1.82, 2.24) is 4.98 Å². The maximum atomic E-state index is 5.14. The molecule has 1 N–H and O–H groups in total. The van der Waals surface area contributed by atoms with Crippen LogP contribution in [0.1, 0.15) is 10.4 Å². The first-order valence-corrected chi connectivity index (χ1v) is 7.61. The van der Waals surface area contributed by atoms with Gasteiger partial charge in [-0.2, -0.15) is 0 Å². The van der Waals surface area contributed by atoms with Gasteiger partial charge in [0, 0.05) is 11.4 Å². The predicted octanol–water partition coefficient (Wildman–Crippen LogP) is 4.29. The van der Waals surface area contributed by atoms with E-state index in [0.29, 0.717) is 0 Å². The Morgan fingerprint density at radius 1 is 1.21 bits per heavy atom. The Kier molecular flexibility index (Phi) is 3.40. The van der Waals surface area contributed by atoms with Crippen LogP contribution in [-0.2, 0) is 6.54 Å². The number of methoxy groups -OCH3 is 1. The maximum Gasteiger partial charge on any atom is 0.184 e. The lowest BCUT2D eigenvalue weighted by atomic mass is 10.2. The van der Waals surface area contributed by atoms with E-state index >= 15 is 0 Å². The van der Waals surface area contributed by atoms with Crippen molar-refractivity contribution in [3.05, 3.63) is 40.8 Å². The van der Waals surface area contributed by atoms with Gasteiger partial charge in [-0.15, -0.1) is 11.3 Å². The molecule has 19 heavy (non-hydrogen) atoms. The Hall–Kier alpha value is -1.59. The van der Waals surface area contributed by atoms with Crippen molar-refractivity contribution in [3.8, 4) is 5.75 Å². The van der Waals surface area contributed by atoms with Crippen molar-refractivity contribution < 1.29 is 4.74 Å². The number of anilines is 1. The van der Waals surface area contributed by atoms with E-state index in [2.05, 4.69) is 35.4 Å². The van der Waals surface area contributed by atoms with Crippen molar-refractivity contribution in [2.24, 2.45) is 0 Å². The molecule has 0 amide bonds. The lowest BCUT2D eigenvalue weighted by molar-refractivity contribution is 0.414. The van der Waals surface area contributed by atoms with E-state index in [-0.39, 0.29) is 0 Å². The van der Waals surface area contributed by atoms with Gasteiger partial charge in [0.05, 0.1) is 11.8 Å². The second-order valence-electron chi connectivity index (χ2n) is 4.25. The molecule has 0 atom stereocenters. The Bertz CT molecular complexity index is 654. The third-order valence-electron chi connectivity index (χ3n) is 2.82. The fourth-order valence-corrected chi connectivity index (χ4v) is 3.86. The van der Waals surface area contributed by atoms with Crippen LogP contribution in [0.4, 0.5) is 5.13 Å². The molecule has 0 aliphatic heterocycles. The molecule has 0 radical (unpaired) electrons. The predicted molar refractivity (Wildman–Crippen MR) is 82.6 cm³/mol. The van der Waals surface area contributed by atoms with Crippen LogP contribution < -0.4 is 10.1 Å². The van der Waals surface area contributed by atoms with Crippen LogP contribution in [0.3, 0.4) is 0 Å². The van der Waals surface area contributed by atoms with Crippen molar-refractivity contribution in [2.45, 2.75) is 13.5 Å². The molecular formula is C14H14N2OS2. The minimum Gasteiger partial charge on any atom is -0.497 e. The molecule has 98 valence electrons. The molecule has 0 aliphatic carbocycles. The molecule has 0 saturated heterocycles. The molecule has 0 unspecified atom stereocenters. The van der Waals surface area contributed by atoms with Gasteiger partial charge < -0.3 is 10.1 Å². The Morgan fingerprint density at radius 3 is 2.68 bits per heavy atom. The average molecular weight is 290 g/mol. The Labute approximate surface area is 119 Å². The summed E-state index contributed by atoms with van der Waals surface area (Å²) in [5, 5.41) is 4.35. The van der Waals surface area contributed by atoms with Crippen LogP contribution >= 0.6 is 22.7 Å². The zero-order chi connectivity index (χ0) is 13.2. The summed E-state index contributed by atoms with van der Waals surface area (Å²) in [7, 11) is 1.68. The zero-order valence-corrected chi connectivity index (χ0v) is 12.4. The number of nitrogens with zero attached hydrogens (tertiary/aromatic N) is 1. The van der Waals surface area contributed by atoms with E-state index in [1.807, 2.05) is 12.1 Å². The summed E-state index contributed by atoms with van der Waals surface area (Å²) in [6.45, 7) is 2.90. The first-order chi connectivity index (χ1) is 9.24. The number of hydrogen-bond donors (Lipinski definition) is 1. The largest absolute Gasteiger partial charge is 0.497 e. The zero-order valence-electron chi connectivity index (χ0n) is 10.8. The molecule has 2 aromatic heterocycles. The number of fused-ring (bicyclic) bond motifs is 1. The van der Waals surface area contributed by atoms with Crippen LogP contribution in [-0.4, -0.2) is 12.1 Å². The number of rotatable bonds is 4. The molecular weight excluding hydrogens is 276 g/mol. The van der Waals surface area contributed by atoms with Crippen LogP contribution in [0.2, 0.25) is 0 Å². The number of nitrogens with one attached hydrogen (secondary N) is 1. The number of thiophene rings is 1. The molecule has 0 aliphatic rings. The summed E-state index contributed by atoms with van der Waals surface area (Å²) in [6, 6.07) is 10.3. The van der Waals surface area contributed by atoms with Crippen LogP contribution in [0, 0.1) is 6.92 Å². The van der Waals surface area contributed by atoms with E-state index in [0.717, 1.165) is 22.3 Å². The van der Waals surface area contributed by atoms with Gasteiger partial charge in [0.1, 0.15) is 10.6 Å². The molecule has 5 heteroatoms. The van der Waals surface area contributed by atoms with Gasteiger partial charge in [-0.05, 0) is 30.7 Å². The normalized spacial score (nSPS) is 10.8. The van der Waals surface area contributed by atoms with Crippen LogP contribution in [0.15, 0.2) is 30.3 Å². The molecule has 3 rings (SSSR count). The monoisotopic (exact) mass is 290 g/mol. The Morgan fingerprint density at radius 2 is 2.00 bits per heavy atom.